The van der Waals surface area contributed by atoms with Crippen LogP contribution in [0.5, 0.6) is 0 Å². The third kappa shape index (κ3) is 16.5. The van der Waals surface area contributed by atoms with Crippen LogP contribution in [0.3, 0.4) is 0 Å². The van der Waals surface area contributed by atoms with Crippen LogP contribution in [0.1, 0.15) is 105 Å². The zero-order valence-electron chi connectivity index (χ0n) is 38.9. The molecule has 0 radical (unpaired) electrons. The standard InChI is InChI=1S/C26H34N6O3S.C22H27N5OS/c1-17(32(6)25(34)35-26(3,4)5)24(33)28-11-7-8-20-14-21(31-18(2)30-20)15-23-29-16-22(36-23)19-9-12-27-13-10-19;1-4-15(2)22(28)24-9-5-6-18-12-19(27-16(3)26-18)13-21-25-14-20(29-21)17-7-10-23-11-8-17/h9-10,12-14,16-17H,7-8,11,15H2,1-6H3,(H,28,33);7-8,10-12,14-15H,4-6,9,13H2,1-3H3,(H,24,28)/t17-;15-/m01/s1. The number of pyridine rings is 2. The molecule has 0 unspecified atom stereocenters. The van der Waals surface area contributed by atoms with E-state index in [1.807, 2.05) is 70.4 Å². The molecule has 15 nitrogen and oxygen atoms in total. The number of rotatable bonds is 18. The van der Waals surface area contributed by atoms with E-state index in [1.54, 1.807) is 82.2 Å². The van der Waals surface area contributed by atoms with Crippen LogP contribution >= 0.6 is 22.7 Å². The van der Waals surface area contributed by atoms with Gasteiger partial charge in [-0.15, -0.1) is 22.7 Å². The predicted molar refractivity (Wildman–Crippen MR) is 255 cm³/mol. The summed E-state index contributed by atoms with van der Waals surface area (Å²) < 4.78 is 5.33. The molecule has 2 atom stereocenters. The van der Waals surface area contributed by atoms with Crippen molar-refractivity contribution in [3.8, 4) is 20.9 Å². The number of ether oxygens (including phenoxy) is 1. The number of aromatic nitrogens is 8. The third-order valence-electron chi connectivity index (χ3n) is 10.1. The quantitative estimate of drug-likeness (QED) is 0.0788. The Bertz CT molecular complexity index is 2460. The van der Waals surface area contributed by atoms with Gasteiger partial charge in [-0.3, -0.25) is 24.5 Å². The van der Waals surface area contributed by atoms with Gasteiger partial charge in [0.2, 0.25) is 11.8 Å². The smallest absolute Gasteiger partial charge is 0.410 e. The van der Waals surface area contributed by atoms with Gasteiger partial charge in [0, 0.05) is 87.5 Å². The Kier molecular flexibility index (Phi) is 18.7. The molecule has 0 aliphatic rings. The topological polar surface area (TPSA) is 191 Å². The summed E-state index contributed by atoms with van der Waals surface area (Å²) in [7, 11) is 1.56. The van der Waals surface area contributed by atoms with E-state index in [1.165, 1.54) is 4.90 Å². The van der Waals surface area contributed by atoms with Crippen molar-refractivity contribution >= 4 is 40.6 Å². The van der Waals surface area contributed by atoms with Gasteiger partial charge in [-0.05, 0) is 121 Å². The summed E-state index contributed by atoms with van der Waals surface area (Å²) >= 11 is 3.32. The molecule has 0 aromatic carbocycles. The number of hydrogen-bond donors (Lipinski definition) is 2. The summed E-state index contributed by atoms with van der Waals surface area (Å²) in [5, 5.41) is 7.91. The highest BCUT2D eigenvalue weighted by Gasteiger charge is 2.26. The molecule has 6 aromatic rings. The van der Waals surface area contributed by atoms with Crippen molar-refractivity contribution in [2.75, 3.05) is 20.1 Å². The van der Waals surface area contributed by atoms with E-state index in [2.05, 4.69) is 56.6 Å². The predicted octanol–water partition coefficient (Wildman–Crippen LogP) is 8.19. The monoisotopic (exact) mass is 919 g/mol. The van der Waals surface area contributed by atoms with Crippen LogP contribution < -0.4 is 10.6 Å². The van der Waals surface area contributed by atoms with Gasteiger partial charge in [-0.25, -0.2) is 34.7 Å². The van der Waals surface area contributed by atoms with Crippen LogP contribution in [-0.2, 0) is 40.0 Å². The Morgan fingerprint density at radius 1 is 0.692 bits per heavy atom. The van der Waals surface area contributed by atoms with Gasteiger partial charge < -0.3 is 15.4 Å². The highest BCUT2D eigenvalue weighted by molar-refractivity contribution is 7.15. The maximum atomic E-state index is 12.5. The average molecular weight is 920 g/mol. The van der Waals surface area contributed by atoms with E-state index in [9.17, 15) is 14.4 Å². The van der Waals surface area contributed by atoms with Gasteiger partial charge in [0.15, 0.2) is 0 Å². The van der Waals surface area contributed by atoms with Gasteiger partial charge in [0.1, 0.15) is 23.3 Å². The highest BCUT2D eigenvalue weighted by atomic mass is 32.1. The number of hydrogen-bond acceptors (Lipinski definition) is 14. The summed E-state index contributed by atoms with van der Waals surface area (Å²) in [6.07, 6.45) is 15.7. The first-order valence-electron chi connectivity index (χ1n) is 21.9. The Morgan fingerprint density at radius 3 is 1.55 bits per heavy atom. The van der Waals surface area contributed by atoms with Crippen molar-refractivity contribution in [3.05, 3.63) is 118 Å². The van der Waals surface area contributed by atoms with Crippen molar-refractivity contribution in [3.63, 3.8) is 0 Å². The zero-order chi connectivity index (χ0) is 46.9. The lowest BCUT2D eigenvalue weighted by Gasteiger charge is -2.28. The van der Waals surface area contributed by atoms with Gasteiger partial charge in [0.05, 0.1) is 31.2 Å². The molecule has 6 heterocycles. The minimum Gasteiger partial charge on any atom is -0.444 e. The number of nitrogens with one attached hydrogen (secondary N) is 2. The molecular formula is C48H61N11O4S2. The zero-order valence-corrected chi connectivity index (χ0v) is 40.6. The number of thiazole rings is 2. The van der Waals surface area contributed by atoms with Gasteiger partial charge >= 0.3 is 6.09 Å². The van der Waals surface area contributed by atoms with E-state index in [-0.39, 0.29) is 17.7 Å². The fourth-order valence-electron chi connectivity index (χ4n) is 6.36. The van der Waals surface area contributed by atoms with Crippen molar-refractivity contribution in [1.29, 1.82) is 0 Å². The largest absolute Gasteiger partial charge is 0.444 e. The van der Waals surface area contributed by atoms with E-state index in [4.69, 9.17) is 4.74 Å². The van der Waals surface area contributed by atoms with Crippen molar-refractivity contribution in [1.82, 2.24) is 55.4 Å². The van der Waals surface area contributed by atoms with Gasteiger partial charge in [0.25, 0.3) is 0 Å². The lowest BCUT2D eigenvalue weighted by Crippen LogP contribution is -2.47. The third-order valence-corrected chi connectivity index (χ3v) is 12.2. The van der Waals surface area contributed by atoms with Gasteiger partial charge in [-0.2, -0.15) is 0 Å². The fraction of sp³-hybridized carbons (Fsp3) is 0.438. The molecule has 0 saturated carbocycles. The highest BCUT2D eigenvalue weighted by Crippen LogP contribution is 2.28. The number of nitrogens with zero attached hydrogens (tertiary/aromatic N) is 9. The number of amides is 3. The van der Waals surface area contributed by atoms with Crippen LogP contribution in [0.15, 0.2) is 73.6 Å². The molecule has 6 rings (SSSR count). The molecule has 65 heavy (non-hydrogen) atoms. The first-order valence-corrected chi connectivity index (χ1v) is 23.6. The van der Waals surface area contributed by atoms with E-state index >= 15 is 0 Å². The Balaban J connectivity index is 0.000000250. The Labute approximate surface area is 390 Å². The molecule has 2 N–H and O–H groups in total. The lowest BCUT2D eigenvalue weighted by molar-refractivity contribution is -0.125. The van der Waals surface area contributed by atoms with Crippen LogP contribution in [0.25, 0.3) is 20.9 Å². The first-order chi connectivity index (χ1) is 31.1. The summed E-state index contributed by atoms with van der Waals surface area (Å²) in [6, 6.07) is 11.3. The van der Waals surface area contributed by atoms with Gasteiger partial charge in [-0.1, -0.05) is 13.8 Å². The molecule has 0 fully saturated rings. The molecule has 0 aliphatic heterocycles. The van der Waals surface area contributed by atoms with Crippen molar-refractivity contribution in [2.45, 2.75) is 112 Å². The normalized spacial score (nSPS) is 12.1. The molecule has 6 aromatic heterocycles. The Hall–Kier alpha value is -6.07. The van der Waals surface area contributed by atoms with E-state index in [0.717, 1.165) is 78.8 Å². The van der Waals surface area contributed by atoms with E-state index in [0.29, 0.717) is 44.6 Å². The molecule has 0 spiro atoms. The second kappa shape index (κ2) is 24.3. The van der Waals surface area contributed by atoms with Crippen LogP contribution in [0, 0.1) is 19.8 Å². The first kappa shape index (κ1) is 49.9. The fourth-order valence-corrected chi connectivity index (χ4v) is 8.24. The molecule has 0 saturated heterocycles. The number of carbonyl (C=O) groups excluding carboxylic acids is 3. The van der Waals surface area contributed by atoms with Crippen molar-refractivity contribution in [2.24, 2.45) is 5.92 Å². The summed E-state index contributed by atoms with van der Waals surface area (Å²) in [6.45, 7) is 16.0. The summed E-state index contributed by atoms with van der Waals surface area (Å²) in [5.74, 6) is 1.45. The number of likely N-dealkylation sites (N-methyl/N-ethyl adjacent to an activating group) is 1. The van der Waals surface area contributed by atoms with Crippen LogP contribution in [0.4, 0.5) is 4.79 Å². The summed E-state index contributed by atoms with van der Waals surface area (Å²) in [4.78, 5) is 75.6. The summed E-state index contributed by atoms with van der Waals surface area (Å²) in [5.41, 5.74) is 5.45. The molecule has 344 valence electrons. The average Bonchev–Trinajstić information content (AvgIpc) is 3.95. The second-order valence-corrected chi connectivity index (χ2v) is 19.0. The maximum Gasteiger partial charge on any atom is 0.410 e. The lowest BCUT2D eigenvalue weighted by atomic mass is 10.1. The van der Waals surface area contributed by atoms with Crippen LogP contribution in [-0.4, -0.2) is 94.5 Å². The maximum absolute atomic E-state index is 12.5. The molecular weight excluding hydrogens is 859 g/mol. The minimum atomic E-state index is -0.636. The number of carbonyl (C=O) groups is 3. The Morgan fingerprint density at radius 2 is 1.12 bits per heavy atom. The van der Waals surface area contributed by atoms with E-state index < -0.39 is 17.7 Å². The molecule has 0 aliphatic carbocycles. The molecule has 17 heteroatoms. The molecule has 0 bridgehead atoms. The molecule has 3 amide bonds. The SMILES string of the molecule is CC[C@@H](C)C(=O)NCCCc1cc(Cc2ncc(-c3ccncc3)s2)nc(C)n1.Cc1nc(CCCNC(=O)[C@H](C)N(C)C(=O)OC(C)(C)C)cc(Cc2ncc(-c3ccncc3)s2)n1. The van der Waals surface area contributed by atoms with Crippen LogP contribution in [0.2, 0.25) is 0 Å². The van der Waals surface area contributed by atoms with Crippen molar-refractivity contribution < 1.29 is 19.1 Å². The number of aryl methyl sites for hydroxylation is 4. The minimum absolute atomic E-state index is 0.0678. The second-order valence-electron chi connectivity index (χ2n) is 16.7.